The second kappa shape index (κ2) is 15.7. The molecular weight excluding hydrogens is 729 g/mol. The quantitative estimate of drug-likeness (QED) is 0.140. The molecule has 4 aromatic rings. The zero-order valence-corrected chi connectivity index (χ0v) is 38.3. The number of hydrogen-bond acceptors (Lipinski definition) is 4. The van der Waals surface area contributed by atoms with Gasteiger partial charge in [0, 0.05) is 82.5 Å². The van der Waals surface area contributed by atoms with Crippen LogP contribution >= 0.6 is 0 Å². The number of likely N-dealkylation sites (N-methyl/N-ethyl adjacent to an activating group) is 1. The highest BCUT2D eigenvalue weighted by Gasteiger charge is 2.46. The standard InChI is InChI=1S/C56H68N4/c1-12-37-58-45-30-21-18-27-42(45)54(5,6)49(58)35-24-36-51-56(9,10)52-40(25-23-32-47(52)59(51)38-13-2)39-60-46-31-22-19-28-43(46)55(7,8)50(60)34-16-14-15-33-48-53(3,4)41-26-17-20-29-44(41)57(48)11/h14-36,48-49H,12-13,37-39H2,1-11H3/b16-14+,33-15+,35-24+,50-34+,51-36+. The molecule has 0 spiro atoms. The molecule has 4 aliphatic heterocycles. The monoisotopic (exact) mass is 797 g/mol. The first-order chi connectivity index (χ1) is 28.7. The molecule has 0 fully saturated rings. The van der Waals surface area contributed by atoms with Crippen LogP contribution in [0.5, 0.6) is 0 Å². The molecule has 4 aliphatic rings. The van der Waals surface area contributed by atoms with Gasteiger partial charge in [-0.3, -0.25) is 0 Å². The van der Waals surface area contributed by atoms with Crippen LogP contribution in [0.1, 0.15) is 110 Å². The van der Waals surface area contributed by atoms with E-state index in [0.717, 1.165) is 32.5 Å². The lowest BCUT2D eigenvalue weighted by Crippen LogP contribution is -2.40. The molecule has 60 heavy (non-hydrogen) atoms. The average Bonchev–Trinajstić information content (AvgIpc) is 3.75. The Balaban J connectivity index is 1.11. The third-order valence-corrected chi connectivity index (χ3v) is 14.5. The van der Waals surface area contributed by atoms with E-state index in [1.807, 2.05) is 0 Å². The predicted octanol–water partition coefficient (Wildman–Crippen LogP) is 13.3. The summed E-state index contributed by atoms with van der Waals surface area (Å²) in [7, 11) is 2.22. The highest BCUT2D eigenvalue weighted by Crippen LogP contribution is 2.53. The fourth-order valence-corrected chi connectivity index (χ4v) is 11.4. The minimum absolute atomic E-state index is 0.0257. The lowest BCUT2D eigenvalue weighted by Gasteiger charge is -2.32. The van der Waals surface area contributed by atoms with E-state index in [2.05, 4.69) is 235 Å². The van der Waals surface area contributed by atoms with Crippen molar-refractivity contribution in [1.82, 2.24) is 0 Å². The number of allylic oxidation sites excluding steroid dienone is 8. The van der Waals surface area contributed by atoms with Crippen LogP contribution < -0.4 is 19.6 Å². The first kappa shape index (κ1) is 41.5. The normalized spacial score (nSPS) is 23.2. The average molecular weight is 797 g/mol. The number of rotatable bonds is 11. The SMILES string of the molecule is CCCN1/C(=C/C=C/C2N(CCC)c3ccccc3C2(C)C)C(C)(C)c2c(CN3/C(=C/C=C/C=C/C4N(C)c5ccccc5C4(C)C)C(C)(C)c4ccccc43)cccc21. The number of anilines is 4. The summed E-state index contributed by atoms with van der Waals surface area (Å²) in [6.45, 7) is 26.7. The molecule has 0 saturated carbocycles. The molecule has 0 aromatic heterocycles. The third kappa shape index (κ3) is 6.66. The first-order valence-electron chi connectivity index (χ1n) is 22.6. The van der Waals surface area contributed by atoms with Crippen LogP contribution in [-0.4, -0.2) is 32.2 Å². The zero-order valence-electron chi connectivity index (χ0n) is 38.3. The third-order valence-electron chi connectivity index (χ3n) is 14.5. The Bertz CT molecular complexity index is 2400. The maximum absolute atomic E-state index is 2.63. The summed E-state index contributed by atoms with van der Waals surface area (Å²) in [5.74, 6) is 0. The molecule has 4 heterocycles. The Morgan fingerprint density at radius 3 is 1.73 bits per heavy atom. The lowest BCUT2D eigenvalue weighted by atomic mass is 9.79. The fourth-order valence-electron chi connectivity index (χ4n) is 11.4. The Morgan fingerprint density at radius 2 is 1.05 bits per heavy atom. The van der Waals surface area contributed by atoms with Gasteiger partial charge in [-0.05, 0) is 77.1 Å². The molecule has 312 valence electrons. The topological polar surface area (TPSA) is 13.0 Å². The van der Waals surface area contributed by atoms with E-state index in [1.54, 1.807) is 0 Å². The van der Waals surface area contributed by atoms with Crippen LogP contribution in [0, 0.1) is 0 Å². The van der Waals surface area contributed by atoms with Gasteiger partial charge in [0.2, 0.25) is 0 Å². The van der Waals surface area contributed by atoms with Gasteiger partial charge < -0.3 is 19.6 Å². The summed E-state index contributed by atoms with van der Waals surface area (Å²) in [6, 6.07) is 34.5. The molecule has 8 rings (SSSR count). The molecule has 0 N–H and O–H groups in total. The highest BCUT2D eigenvalue weighted by molar-refractivity contribution is 5.76. The van der Waals surface area contributed by atoms with Gasteiger partial charge in [-0.15, -0.1) is 0 Å². The van der Waals surface area contributed by atoms with Crippen molar-refractivity contribution in [2.75, 3.05) is 39.7 Å². The smallest absolute Gasteiger partial charge is 0.0568 e. The van der Waals surface area contributed by atoms with Crippen molar-refractivity contribution in [3.05, 3.63) is 179 Å². The lowest BCUT2D eigenvalue weighted by molar-refractivity contribution is 0.474. The predicted molar refractivity (Wildman–Crippen MR) is 259 cm³/mol. The van der Waals surface area contributed by atoms with Gasteiger partial charge in [-0.1, -0.05) is 172 Å². The van der Waals surface area contributed by atoms with Crippen LogP contribution in [0.25, 0.3) is 0 Å². The van der Waals surface area contributed by atoms with Crippen molar-refractivity contribution in [2.45, 2.75) is 122 Å². The first-order valence-corrected chi connectivity index (χ1v) is 22.6. The largest absolute Gasteiger partial charge is 0.367 e. The van der Waals surface area contributed by atoms with Crippen molar-refractivity contribution in [3.8, 4) is 0 Å². The fraction of sp³-hybridized carbons (Fsp3) is 0.393. The molecule has 2 unspecified atom stereocenters. The maximum Gasteiger partial charge on any atom is 0.0568 e. The van der Waals surface area contributed by atoms with E-state index in [-0.39, 0.29) is 21.7 Å². The van der Waals surface area contributed by atoms with Gasteiger partial charge in [-0.2, -0.15) is 0 Å². The minimum Gasteiger partial charge on any atom is -0.367 e. The van der Waals surface area contributed by atoms with E-state index in [4.69, 9.17) is 0 Å². The van der Waals surface area contributed by atoms with Gasteiger partial charge in [0.05, 0.1) is 12.1 Å². The van der Waals surface area contributed by atoms with Crippen molar-refractivity contribution in [3.63, 3.8) is 0 Å². The van der Waals surface area contributed by atoms with Crippen LogP contribution in [0.4, 0.5) is 22.7 Å². The summed E-state index contributed by atoms with van der Waals surface area (Å²) in [4.78, 5) is 10.2. The molecule has 0 amide bonds. The van der Waals surface area contributed by atoms with Gasteiger partial charge in [0.25, 0.3) is 0 Å². The Kier molecular flexibility index (Phi) is 10.8. The maximum atomic E-state index is 2.63. The van der Waals surface area contributed by atoms with Gasteiger partial charge >= 0.3 is 0 Å². The zero-order chi connectivity index (χ0) is 42.6. The number of para-hydroxylation sites is 3. The van der Waals surface area contributed by atoms with Gasteiger partial charge in [0.1, 0.15) is 0 Å². The molecule has 0 saturated heterocycles. The summed E-state index contributed by atoms with van der Waals surface area (Å²) in [6.07, 6.45) is 20.9. The van der Waals surface area contributed by atoms with Crippen molar-refractivity contribution in [1.29, 1.82) is 0 Å². The van der Waals surface area contributed by atoms with Crippen LogP contribution in [0.2, 0.25) is 0 Å². The number of benzene rings is 4. The second-order valence-electron chi connectivity index (χ2n) is 19.7. The molecular formula is C56H68N4. The molecule has 4 nitrogen and oxygen atoms in total. The van der Waals surface area contributed by atoms with Gasteiger partial charge in [0.15, 0.2) is 0 Å². The minimum atomic E-state index is -0.174. The Labute approximate surface area is 362 Å². The van der Waals surface area contributed by atoms with Crippen LogP contribution in [-0.2, 0) is 28.2 Å². The molecule has 0 bridgehead atoms. The summed E-state index contributed by atoms with van der Waals surface area (Å²) in [5, 5.41) is 0. The van der Waals surface area contributed by atoms with Crippen molar-refractivity contribution < 1.29 is 0 Å². The van der Waals surface area contributed by atoms with E-state index in [9.17, 15) is 0 Å². The van der Waals surface area contributed by atoms with E-state index >= 15 is 0 Å². The number of hydrogen-bond donors (Lipinski definition) is 0. The summed E-state index contributed by atoms with van der Waals surface area (Å²) in [5.41, 5.74) is 14.9. The van der Waals surface area contributed by atoms with Crippen molar-refractivity contribution in [2.24, 2.45) is 0 Å². The molecule has 4 aromatic carbocycles. The highest BCUT2D eigenvalue weighted by atomic mass is 15.2. The Hall–Kier alpha value is -5.22. The summed E-state index contributed by atoms with van der Waals surface area (Å²) >= 11 is 0. The van der Waals surface area contributed by atoms with Crippen LogP contribution in [0.15, 0.2) is 151 Å². The van der Waals surface area contributed by atoms with Gasteiger partial charge in [-0.25, -0.2) is 0 Å². The van der Waals surface area contributed by atoms with E-state index < -0.39 is 0 Å². The van der Waals surface area contributed by atoms with Crippen LogP contribution in [0.3, 0.4) is 0 Å². The van der Waals surface area contributed by atoms with E-state index in [0.29, 0.717) is 12.1 Å². The molecule has 2 atom stereocenters. The number of fused-ring (bicyclic) bond motifs is 4. The second-order valence-corrected chi connectivity index (χ2v) is 19.7. The molecule has 0 radical (unpaired) electrons. The molecule has 0 aliphatic carbocycles. The van der Waals surface area contributed by atoms with Crippen molar-refractivity contribution >= 4 is 22.7 Å². The van der Waals surface area contributed by atoms with E-state index in [1.165, 1.54) is 62.0 Å². The number of nitrogens with zero attached hydrogens (tertiary/aromatic N) is 4. The summed E-state index contributed by atoms with van der Waals surface area (Å²) < 4.78 is 0. The molecule has 4 heteroatoms. The Morgan fingerprint density at radius 1 is 0.500 bits per heavy atom.